The van der Waals surface area contributed by atoms with Crippen LogP contribution in [0.15, 0.2) is 23.3 Å². The Labute approximate surface area is 128 Å². The molecule has 0 amide bonds. The van der Waals surface area contributed by atoms with Gasteiger partial charge < -0.3 is 15.2 Å². The van der Waals surface area contributed by atoms with Crippen LogP contribution in [-0.2, 0) is 9.53 Å². The molecule has 1 aliphatic rings. The molecule has 0 fully saturated rings. The van der Waals surface area contributed by atoms with Gasteiger partial charge in [0.1, 0.15) is 0 Å². The van der Waals surface area contributed by atoms with Crippen LogP contribution >= 0.6 is 0 Å². The molecule has 22 heavy (non-hydrogen) atoms. The molecule has 2 N–H and O–H groups in total. The fraction of sp³-hybridized carbons (Fsp3) is 0.667. The molecule has 0 saturated heterocycles. The topological polar surface area (TPSA) is 58.6 Å². The number of hydrogen-bond donors (Lipinski definition) is 2. The molecule has 0 aromatic heterocycles. The van der Waals surface area contributed by atoms with Crippen molar-refractivity contribution in [2.75, 3.05) is 20.3 Å². The molecule has 1 unspecified atom stereocenters. The number of aliphatic hydroxyl groups excluding tert-OH is 1. The van der Waals surface area contributed by atoms with E-state index in [1.165, 1.54) is 0 Å². The predicted octanol–water partition coefficient (Wildman–Crippen LogP) is 2.14. The number of hydrogen-bond acceptors (Lipinski definition) is 4. The van der Waals surface area contributed by atoms with E-state index in [2.05, 4.69) is 5.32 Å². The van der Waals surface area contributed by atoms with Crippen molar-refractivity contribution < 1.29 is 27.8 Å². The van der Waals surface area contributed by atoms with Gasteiger partial charge in [0.2, 0.25) is 5.78 Å². The van der Waals surface area contributed by atoms with Crippen molar-refractivity contribution in [3.8, 4) is 0 Å². The summed E-state index contributed by atoms with van der Waals surface area (Å²) in [5.74, 6) is -1.78. The molecule has 7 heteroatoms. The van der Waals surface area contributed by atoms with E-state index in [1.807, 2.05) is 0 Å². The van der Waals surface area contributed by atoms with Crippen LogP contribution < -0.4 is 5.32 Å². The number of alkyl halides is 3. The summed E-state index contributed by atoms with van der Waals surface area (Å²) >= 11 is 0. The number of rotatable bonds is 8. The maximum absolute atomic E-state index is 12.1. The normalized spacial score (nSPS) is 18.5. The standard InChI is InChI=1S/C15H22F3NO3/c1-10(19-9-14(21)15(16,17)18)11-3-5-12(6-4-11)13(20)7-8-22-2/h3,5,10,13,19-20H,4,6-9H2,1-2H3/t10-,13?/m0/s1. The molecule has 0 aromatic carbocycles. The van der Waals surface area contributed by atoms with E-state index in [0.29, 0.717) is 25.9 Å². The number of aliphatic hydroxyl groups is 1. The second-order valence-electron chi connectivity index (χ2n) is 5.30. The molecule has 0 heterocycles. The molecule has 0 bridgehead atoms. The van der Waals surface area contributed by atoms with E-state index in [-0.39, 0.29) is 6.04 Å². The molecule has 1 rings (SSSR count). The lowest BCUT2D eigenvalue weighted by atomic mass is 9.90. The first-order chi connectivity index (χ1) is 10.3. The van der Waals surface area contributed by atoms with E-state index in [0.717, 1.165) is 11.1 Å². The van der Waals surface area contributed by atoms with Crippen molar-refractivity contribution in [1.29, 1.82) is 0 Å². The lowest BCUT2D eigenvalue weighted by Crippen LogP contribution is -2.39. The molecule has 0 spiro atoms. The third kappa shape index (κ3) is 5.90. The van der Waals surface area contributed by atoms with Gasteiger partial charge in [-0.05, 0) is 25.3 Å². The monoisotopic (exact) mass is 321 g/mol. The Morgan fingerprint density at radius 3 is 2.45 bits per heavy atom. The number of ether oxygens (including phenoxy) is 1. The van der Waals surface area contributed by atoms with Gasteiger partial charge in [-0.2, -0.15) is 13.2 Å². The van der Waals surface area contributed by atoms with E-state index in [1.54, 1.807) is 26.2 Å². The third-order valence-electron chi connectivity index (χ3n) is 3.68. The summed E-state index contributed by atoms with van der Waals surface area (Å²) in [5, 5.41) is 12.5. The minimum Gasteiger partial charge on any atom is -0.389 e. The van der Waals surface area contributed by atoms with Gasteiger partial charge in [-0.3, -0.25) is 4.79 Å². The number of carbonyl (C=O) groups excluding carboxylic acids is 1. The van der Waals surface area contributed by atoms with Crippen molar-refractivity contribution in [2.45, 2.75) is 44.5 Å². The summed E-state index contributed by atoms with van der Waals surface area (Å²) in [6.45, 7) is 1.46. The Kier molecular flexibility index (Phi) is 7.25. The first-order valence-electron chi connectivity index (χ1n) is 7.15. The molecular formula is C15H22F3NO3. The van der Waals surface area contributed by atoms with E-state index >= 15 is 0 Å². The maximum Gasteiger partial charge on any atom is 0.451 e. The third-order valence-corrected chi connectivity index (χ3v) is 3.68. The second-order valence-corrected chi connectivity index (χ2v) is 5.30. The van der Waals surface area contributed by atoms with Crippen molar-refractivity contribution in [3.63, 3.8) is 0 Å². The molecular weight excluding hydrogens is 299 g/mol. The molecule has 126 valence electrons. The Morgan fingerprint density at radius 2 is 1.95 bits per heavy atom. The zero-order valence-electron chi connectivity index (χ0n) is 12.7. The van der Waals surface area contributed by atoms with E-state index in [4.69, 9.17) is 4.74 Å². The van der Waals surface area contributed by atoms with Crippen LogP contribution in [0.5, 0.6) is 0 Å². The summed E-state index contributed by atoms with van der Waals surface area (Å²) < 4.78 is 41.3. The average Bonchev–Trinajstić information content (AvgIpc) is 2.49. The minimum absolute atomic E-state index is 0.319. The Balaban J connectivity index is 2.51. The lowest BCUT2D eigenvalue weighted by molar-refractivity contribution is -0.170. The summed E-state index contributed by atoms with van der Waals surface area (Å²) in [6, 6.07) is -0.319. The average molecular weight is 321 g/mol. The fourth-order valence-corrected chi connectivity index (χ4v) is 2.20. The zero-order chi connectivity index (χ0) is 16.8. The van der Waals surface area contributed by atoms with Crippen LogP contribution in [0.2, 0.25) is 0 Å². The number of carbonyl (C=O) groups is 1. The first kappa shape index (κ1) is 18.9. The van der Waals surface area contributed by atoms with Gasteiger partial charge in [-0.25, -0.2) is 0 Å². The number of ketones is 1. The quantitative estimate of drug-likeness (QED) is 0.719. The molecule has 0 aromatic rings. The van der Waals surface area contributed by atoms with Crippen molar-refractivity contribution in [1.82, 2.24) is 5.32 Å². The molecule has 2 atom stereocenters. The van der Waals surface area contributed by atoms with Crippen LogP contribution in [0.25, 0.3) is 0 Å². The number of Topliss-reactive ketones (excluding diaryl/α,β-unsaturated/α-hetero) is 1. The SMILES string of the molecule is COCCC(O)C1=CC=C([C@H](C)NCC(=O)C(F)(F)F)CC1. The molecule has 0 radical (unpaired) electrons. The predicted molar refractivity (Wildman–Crippen MR) is 76.4 cm³/mol. The van der Waals surface area contributed by atoms with Gasteiger partial charge in [0.15, 0.2) is 0 Å². The zero-order valence-corrected chi connectivity index (χ0v) is 12.7. The Morgan fingerprint density at radius 1 is 1.36 bits per heavy atom. The number of methoxy groups -OCH3 is 1. The summed E-state index contributed by atoms with van der Waals surface area (Å²) in [7, 11) is 1.57. The molecule has 0 aliphatic heterocycles. The molecule has 0 saturated carbocycles. The van der Waals surface area contributed by atoms with Gasteiger partial charge in [0, 0.05) is 26.2 Å². The van der Waals surface area contributed by atoms with Crippen LogP contribution in [0.1, 0.15) is 26.2 Å². The summed E-state index contributed by atoms with van der Waals surface area (Å²) in [6.07, 6.45) is 0.0343. The van der Waals surface area contributed by atoms with Crippen LogP contribution in [0, 0.1) is 0 Å². The van der Waals surface area contributed by atoms with E-state index in [9.17, 15) is 23.1 Å². The first-order valence-corrected chi connectivity index (χ1v) is 7.15. The smallest absolute Gasteiger partial charge is 0.389 e. The van der Waals surface area contributed by atoms with Crippen LogP contribution in [0.4, 0.5) is 13.2 Å². The number of halogens is 3. The van der Waals surface area contributed by atoms with Gasteiger partial charge in [0.05, 0.1) is 12.6 Å². The number of nitrogens with one attached hydrogen (secondary N) is 1. The van der Waals surface area contributed by atoms with Crippen molar-refractivity contribution in [2.24, 2.45) is 0 Å². The summed E-state index contributed by atoms with van der Waals surface area (Å²) in [5.41, 5.74) is 1.80. The highest BCUT2D eigenvalue weighted by atomic mass is 19.4. The molecule has 1 aliphatic carbocycles. The van der Waals surface area contributed by atoms with Gasteiger partial charge in [-0.1, -0.05) is 17.7 Å². The van der Waals surface area contributed by atoms with Gasteiger partial charge >= 0.3 is 6.18 Å². The van der Waals surface area contributed by atoms with Gasteiger partial charge in [0.25, 0.3) is 0 Å². The van der Waals surface area contributed by atoms with Crippen molar-refractivity contribution in [3.05, 3.63) is 23.3 Å². The van der Waals surface area contributed by atoms with Crippen LogP contribution in [0.3, 0.4) is 0 Å². The number of allylic oxidation sites excluding steroid dienone is 2. The van der Waals surface area contributed by atoms with Gasteiger partial charge in [-0.15, -0.1) is 0 Å². The van der Waals surface area contributed by atoms with Crippen LogP contribution in [-0.4, -0.2) is 49.5 Å². The highest BCUT2D eigenvalue weighted by Crippen LogP contribution is 2.24. The molecule has 4 nitrogen and oxygen atoms in total. The van der Waals surface area contributed by atoms with E-state index < -0.39 is 24.6 Å². The second kappa shape index (κ2) is 8.45. The maximum atomic E-state index is 12.1. The minimum atomic E-state index is -4.80. The fourth-order valence-electron chi connectivity index (χ4n) is 2.20. The highest BCUT2D eigenvalue weighted by Gasteiger charge is 2.37. The van der Waals surface area contributed by atoms with Crippen molar-refractivity contribution >= 4 is 5.78 Å². The largest absolute Gasteiger partial charge is 0.451 e. The Bertz CT molecular complexity index is 444. The lowest BCUT2D eigenvalue weighted by Gasteiger charge is -2.23. The summed E-state index contributed by atoms with van der Waals surface area (Å²) in [4.78, 5) is 10.8. The Hall–Kier alpha value is -1.18. The highest BCUT2D eigenvalue weighted by molar-refractivity contribution is 5.85.